The van der Waals surface area contributed by atoms with Crippen LogP contribution in [-0.4, -0.2) is 0 Å². The molecule has 5 rings (SSSR count). The molecule has 0 bridgehead atoms. The Labute approximate surface area is 123 Å². The van der Waals surface area contributed by atoms with Crippen LogP contribution < -0.4 is 5.22 Å². The summed E-state index contributed by atoms with van der Waals surface area (Å²) in [5.41, 5.74) is 1.34. The molecule has 0 unspecified atom stereocenters. The lowest BCUT2D eigenvalue weighted by Crippen LogP contribution is -2.06. The van der Waals surface area contributed by atoms with Crippen molar-refractivity contribution in [3.8, 4) is 0 Å². The van der Waals surface area contributed by atoms with E-state index in [1.807, 2.05) is 0 Å². The van der Waals surface area contributed by atoms with Crippen LogP contribution in [0.5, 0.6) is 0 Å². The Bertz CT molecular complexity index is 1090. The summed E-state index contributed by atoms with van der Waals surface area (Å²) in [7, 11) is 0. The van der Waals surface area contributed by atoms with Gasteiger partial charge in [0, 0.05) is 0 Å². The van der Waals surface area contributed by atoms with E-state index in [0.717, 1.165) is 6.42 Å². The zero-order chi connectivity index (χ0) is 13.8. The molecule has 0 heteroatoms. The van der Waals surface area contributed by atoms with Gasteiger partial charge in [-0.15, -0.1) is 0 Å². The van der Waals surface area contributed by atoms with Crippen LogP contribution in [0.1, 0.15) is 12.0 Å². The van der Waals surface area contributed by atoms with E-state index in [1.54, 1.807) is 0 Å². The van der Waals surface area contributed by atoms with Gasteiger partial charge in [0.2, 0.25) is 0 Å². The second-order valence-corrected chi connectivity index (χ2v) is 5.73. The van der Waals surface area contributed by atoms with Crippen LogP contribution >= 0.6 is 0 Å². The van der Waals surface area contributed by atoms with Crippen molar-refractivity contribution < 1.29 is 0 Å². The van der Waals surface area contributed by atoms with Gasteiger partial charge in [0.1, 0.15) is 0 Å². The second kappa shape index (κ2) is 3.95. The Balaban J connectivity index is 2.27. The van der Waals surface area contributed by atoms with Crippen molar-refractivity contribution in [2.75, 3.05) is 0 Å². The molecule has 0 spiro atoms. The first-order valence-corrected chi connectivity index (χ1v) is 7.46. The first kappa shape index (κ1) is 11.1. The molecule has 1 aliphatic rings. The van der Waals surface area contributed by atoms with Crippen molar-refractivity contribution in [1.29, 1.82) is 0 Å². The Morgan fingerprint density at radius 1 is 0.667 bits per heavy atom. The summed E-state index contributed by atoms with van der Waals surface area (Å²) >= 11 is 0. The highest BCUT2D eigenvalue weighted by molar-refractivity contribution is 6.22. The Morgan fingerprint density at radius 2 is 1.38 bits per heavy atom. The molecule has 1 aliphatic carbocycles. The van der Waals surface area contributed by atoms with Gasteiger partial charge in [-0.25, -0.2) is 0 Å². The summed E-state index contributed by atoms with van der Waals surface area (Å²) in [6.07, 6.45) is 7.89. The maximum absolute atomic E-state index is 2.37. The SMILES string of the molecule is C1=Cc2cccc3c2c(c2cccc4cccc3c42)=CC1. The highest BCUT2D eigenvalue weighted by atomic mass is 14.1. The van der Waals surface area contributed by atoms with Crippen LogP contribution in [0, 0.1) is 0 Å². The van der Waals surface area contributed by atoms with Crippen molar-refractivity contribution >= 4 is 44.5 Å². The summed E-state index contributed by atoms with van der Waals surface area (Å²) < 4.78 is 0. The molecule has 0 heterocycles. The van der Waals surface area contributed by atoms with Gasteiger partial charge in [-0.2, -0.15) is 0 Å². The standard InChI is InChI=1S/C21H14/c1-2-10-16-17-11-4-8-15-9-5-13-19(21(15)17)18-12-3-7-14(6-1)20(16)18/h1,3-13H,2H2. The average Bonchev–Trinajstić information content (AvgIpc) is 2.76. The van der Waals surface area contributed by atoms with Crippen LogP contribution in [-0.2, 0) is 0 Å². The molecular weight excluding hydrogens is 252 g/mol. The summed E-state index contributed by atoms with van der Waals surface area (Å²) in [5, 5.41) is 9.65. The van der Waals surface area contributed by atoms with Gasteiger partial charge >= 0.3 is 0 Å². The van der Waals surface area contributed by atoms with Gasteiger partial charge in [-0.05, 0) is 49.5 Å². The van der Waals surface area contributed by atoms with Gasteiger partial charge in [-0.1, -0.05) is 72.8 Å². The Kier molecular flexibility index (Phi) is 2.09. The molecule has 4 aromatic carbocycles. The molecule has 4 aromatic rings. The minimum absolute atomic E-state index is 1.00. The Morgan fingerprint density at radius 3 is 2.24 bits per heavy atom. The van der Waals surface area contributed by atoms with Crippen LogP contribution in [0.25, 0.3) is 44.5 Å². The molecule has 0 saturated carbocycles. The monoisotopic (exact) mass is 266 g/mol. The number of hydrogen-bond acceptors (Lipinski definition) is 0. The number of rotatable bonds is 0. The smallest absolute Gasteiger partial charge is 0.00265 e. The zero-order valence-corrected chi connectivity index (χ0v) is 11.6. The van der Waals surface area contributed by atoms with Gasteiger partial charge in [0.25, 0.3) is 0 Å². The molecule has 21 heavy (non-hydrogen) atoms. The highest BCUT2D eigenvalue weighted by Gasteiger charge is 2.11. The van der Waals surface area contributed by atoms with E-state index in [-0.39, 0.29) is 0 Å². The summed E-state index contributed by atoms with van der Waals surface area (Å²) in [6, 6.07) is 20.0. The lowest BCUT2D eigenvalue weighted by Gasteiger charge is -2.12. The van der Waals surface area contributed by atoms with E-state index < -0.39 is 0 Å². The van der Waals surface area contributed by atoms with E-state index in [2.05, 4.69) is 72.8 Å². The van der Waals surface area contributed by atoms with Crippen LogP contribution in [0.2, 0.25) is 0 Å². The molecule has 0 aliphatic heterocycles. The van der Waals surface area contributed by atoms with E-state index in [0.29, 0.717) is 0 Å². The molecule has 0 fully saturated rings. The zero-order valence-electron chi connectivity index (χ0n) is 11.6. The van der Waals surface area contributed by atoms with Gasteiger partial charge < -0.3 is 0 Å². The molecule has 0 amide bonds. The molecule has 0 aromatic heterocycles. The molecular formula is C21H14. The van der Waals surface area contributed by atoms with E-state index >= 15 is 0 Å². The average molecular weight is 266 g/mol. The number of benzene rings is 4. The molecule has 0 saturated heterocycles. The number of fused-ring (bicyclic) bond motifs is 2. The topological polar surface area (TPSA) is 0 Å². The summed E-state index contributed by atoms with van der Waals surface area (Å²) in [5.74, 6) is 0. The molecule has 0 atom stereocenters. The second-order valence-electron chi connectivity index (χ2n) is 5.73. The lowest BCUT2D eigenvalue weighted by atomic mass is 9.91. The molecule has 98 valence electrons. The summed E-state index contributed by atoms with van der Waals surface area (Å²) in [6.45, 7) is 0. The normalized spacial score (nSPS) is 13.7. The van der Waals surface area contributed by atoms with Gasteiger partial charge in [-0.3, -0.25) is 0 Å². The Hall–Kier alpha value is -2.60. The van der Waals surface area contributed by atoms with Crippen molar-refractivity contribution in [2.45, 2.75) is 6.42 Å². The fraction of sp³-hybridized carbons (Fsp3) is 0.0476. The van der Waals surface area contributed by atoms with Crippen molar-refractivity contribution in [3.05, 3.63) is 71.5 Å². The van der Waals surface area contributed by atoms with Crippen molar-refractivity contribution in [2.24, 2.45) is 0 Å². The first-order valence-electron chi connectivity index (χ1n) is 7.46. The lowest BCUT2D eigenvalue weighted by molar-refractivity contribution is 1.51. The molecule has 0 N–H and O–H groups in total. The van der Waals surface area contributed by atoms with E-state index in [1.165, 1.54) is 43.1 Å². The third kappa shape index (κ3) is 1.39. The number of allylic oxidation sites excluding steroid dienone is 1. The first-order chi connectivity index (χ1) is 10.4. The molecule has 0 radical (unpaired) electrons. The molecule has 0 nitrogen and oxygen atoms in total. The number of hydrogen-bond donors (Lipinski definition) is 0. The van der Waals surface area contributed by atoms with Crippen molar-refractivity contribution in [3.63, 3.8) is 0 Å². The van der Waals surface area contributed by atoms with Gasteiger partial charge in [0.15, 0.2) is 0 Å². The predicted molar refractivity (Wildman–Crippen MR) is 92.3 cm³/mol. The minimum Gasteiger partial charge on any atom is -0.0801 e. The van der Waals surface area contributed by atoms with E-state index in [4.69, 9.17) is 0 Å². The highest BCUT2D eigenvalue weighted by Crippen LogP contribution is 2.32. The fourth-order valence-electron chi connectivity index (χ4n) is 3.75. The summed E-state index contributed by atoms with van der Waals surface area (Å²) in [4.78, 5) is 0. The van der Waals surface area contributed by atoms with Gasteiger partial charge in [0.05, 0.1) is 0 Å². The minimum atomic E-state index is 1.00. The third-order valence-corrected chi connectivity index (χ3v) is 4.61. The predicted octanol–water partition coefficient (Wildman–Crippen LogP) is 5.06. The van der Waals surface area contributed by atoms with Crippen LogP contribution in [0.4, 0.5) is 0 Å². The van der Waals surface area contributed by atoms with Crippen molar-refractivity contribution in [1.82, 2.24) is 0 Å². The third-order valence-electron chi connectivity index (χ3n) is 4.61. The largest absolute Gasteiger partial charge is 0.0801 e. The maximum atomic E-state index is 2.37. The van der Waals surface area contributed by atoms with E-state index in [9.17, 15) is 0 Å². The fourth-order valence-corrected chi connectivity index (χ4v) is 3.75. The quantitative estimate of drug-likeness (QED) is 0.308. The van der Waals surface area contributed by atoms with Crippen LogP contribution in [0.15, 0.2) is 60.7 Å². The maximum Gasteiger partial charge on any atom is -0.00265 e. The van der Waals surface area contributed by atoms with Crippen LogP contribution in [0.3, 0.4) is 0 Å².